The molecule has 2 amide bonds. The first-order chi connectivity index (χ1) is 12.5. The van der Waals surface area contributed by atoms with Crippen molar-refractivity contribution in [3.8, 4) is 0 Å². The van der Waals surface area contributed by atoms with Crippen LogP contribution < -0.4 is 9.80 Å². The number of hydrogen-bond donors (Lipinski definition) is 1. The highest BCUT2D eigenvalue weighted by Gasteiger charge is 2.60. The lowest BCUT2D eigenvalue weighted by Gasteiger charge is -2.32. The number of amides is 2. The minimum absolute atomic E-state index is 0.0116. The molecule has 3 aliphatic heterocycles. The van der Waals surface area contributed by atoms with Gasteiger partial charge in [-0.25, -0.2) is 0 Å². The molecular formula is C20H24N2O4. The van der Waals surface area contributed by atoms with Crippen molar-refractivity contribution in [1.29, 1.82) is 0 Å². The fourth-order valence-corrected chi connectivity index (χ4v) is 4.45. The van der Waals surface area contributed by atoms with Crippen molar-refractivity contribution >= 4 is 23.2 Å². The van der Waals surface area contributed by atoms with E-state index in [1.165, 1.54) is 0 Å². The molecule has 1 aromatic rings. The van der Waals surface area contributed by atoms with Crippen LogP contribution in [0.15, 0.2) is 30.9 Å². The van der Waals surface area contributed by atoms with Crippen molar-refractivity contribution in [2.75, 3.05) is 29.5 Å². The number of ether oxygens (including phenoxy) is 1. The number of anilines is 2. The summed E-state index contributed by atoms with van der Waals surface area (Å²) in [6, 6.07) is 5.73. The van der Waals surface area contributed by atoms with Gasteiger partial charge in [0.1, 0.15) is 0 Å². The SMILES string of the molecule is C=CCN1C(=O)[C@@]2(O[C@@H](CCO)C[C@H]2C)c2cc(N3CCC3=O)ccc21. The van der Waals surface area contributed by atoms with Crippen molar-refractivity contribution in [3.63, 3.8) is 0 Å². The molecule has 1 spiro atoms. The Kier molecular flexibility index (Phi) is 4.12. The maximum Gasteiger partial charge on any atom is 0.264 e. The molecule has 3 atom stereocenters. The van der Waals surface area contributed by atoms with Crippen LogP contribution in [0.4, 0.5) is 11.4 Å². The zero-order valence-electron chi connectivity index (χ0n) is 15.0. The lowest BCUT2D eigenvalue weighted by atomic mass is 9.82. The Morgan fingerprint density at radius 3 is 2.85 bits per heavy atom. The molecule has 0 saturated carbocycles. The van der Waals surface area contributed by atoms with E-state index < -0.39 is 5.60 Å². The molecular weight excluding hydrogens is 332 g/mol. The Labute approximate surface area is 153 Å². The third kappa shape index (κ3) is 2.25. The van der Waals surface area contributed by atoms with E-state index in [0.29, 0.717) is 25.9 Å². The van der Waals surface area contributed by atoms with Crippen LogP contribution in [0, 0.1) is 5.92 Å². The van der Waals surface area contributed by atoms with Crippen LogP contribution in [0.1, 0.15) is 31.7 Å². The summed E-state index contributed by atoms with van der Waals surface area (Å²) < 4.78 is 6.30. The second kappa shape index (κ2) is 6.21. The molecule has 26 heavy (non-hydrogen) atoms. The third-order valence-electron chi connectivity index (χ3n) is 5.82. The molecule has 1 N–H and O–H groups in total. The van der Waals surface area contributed by atoms with Gasteiger partial charge in [-0.2, -0.15) is 0 Å². The van der Waals surface area contributed by atoms with E-state index in [9.17, 15) is 14.7 Å². The predicted octanol–water partition coefficient (Wildman–Crippen LogP) is 1.96. The molecule has 3 aliphatic rings. The minimum Gasteiger partial charge on any atom is -0.396 e. The summed E-state index contributed by atoms with van der Waals surface area (Å²) in [5, 5.41) is 9.29. The third-order valence-corrected chi connectivity index (χ3v) is 5.82. The first kappa shape index (κ1) is 17.2. The summed E-state index contributed by atoms with van der Waals surface area (Å²) in [4.78, 5) is 28.7. The van der Waals surface area contributed by atoms with E-state index in [2.05, 4.69) is 6.58 Å². The van der Waals surface area contributed by atoms with Crippen molar-refractivity contribution < 1.29 is 19.4 Å². The number of nitrogens with zero attached hydrogens (tertiary/aromatic N) is 2. The van der Waals surface area contributed by atoms with Gasteiger partial charge in [-0.15, -0.1) is 6.58 Å². The maximum absolute atomic E-state index is 13.4. The average molecular weight is 356 g/mol. The Hall–Kier alpha value is -2.18. The summed E-state index contributed by atoms with van der Waals surface area (Å²) in [5.74, 6) is 0.0136. The van der Waals surface area contributed by atoms with E-state index in [1.807, 2.05) is 25.1 Å². The molecule has 0 radical (unpaired) electrons. The molecule has 2 saturated heterocycles. The minimum atomic E-state index is -1.04. The zero-order valence-corrected chi connectivity index (χ0v) is 15.0. The van der Waals surface area contributed by atoms with Gasteiger partial charge >= 0.3 is 0 Å². The van der Waals surface area contributed by atoms with Crippen molar-refractivity contribution in [3.05, 3.63) is 36.4 Å². The monoisotopic (exact) mass is 356 g/mol. The molecule has 4 rings (SSSR count). The summed E-state index contributed by atoms with van der Waals surface area (Å²) in [5.41, 5.74) is 1.42. The highest BCUT2D eigenvalue weighted by Crippen LogP contribution is 2.54. The number of benzene rings is 1. The number of aliphatic hydroxyl groups is 1. The van der Waals surface area contributed by atoms with Gasteiger partial charge < -0.3 is 19.6 Å². The summed E-state index contributed by atoms with van der Waals surface area (Å²) in [6.45, 7) is 6.95. The molecule has 0 unspecified atom stereocenters. The largest absolute Gasteiger partial charge is 0.396 e. The smallest absolute Gasteiger partial charge is 0.264 e. The van der Waals surface area contributed by atoms with Gasteiger partial charge in [0, 0.05) is 43.3 Å². The molecule has 1 aromatic carbocycles. The Balaban J connectivity index is 1.81. The summed E-state index contributed by atoms with van der Waals surface area (Å²) in [7, 11) is 0. The molecule has 0 aliphatic carbocycles. The molecule has 6 nitrogen and oxygen atoms in total. The van der Waals surface area contributed by atoms with Crippen molar-refractivity contribution in [2.45, 2.75) is 37.9 Å². The van der Waals surface area contributed by atoms with Gasteiger partial charge in [-0.05, 0) is 31.0 Å². The predicted molar refractivity (Wildman–Crippen MR) is 98.0 cm³/mol. The van der Waals surface area contributed by atoms with Crippen LogP contribution in [-0.4, -0.2) is 42.7 Å². The van der Waals surface area contributed by atoms with E-state index >= 15 is 0 Å². The second-order valence-corrected chi connectivity index (χ2v) is 7.33. The number of β-lactam (4-membered cyclic amide) rings is 1. The highest BCUT2D eigenvalue weighted by atomic mass is 16.5. The number of carbonyl (C=O) groups is 2. The number of rotatable bonds is 5. The topological polar surface area (TPSA) is 70.1 Å². The quantitative estimate of drug-likeness (QED) is 0.647. The van der Waals surface area contributed by atoms with Gasteiger partial charge in [-0.1, -0.05) is 13.0 Å². The van der Waals surface area contributed by atoms with E-state index in [1.54, 1.807) is 15.9 Å². The highest BCUT2D eigenvalue weighted by molar-refractivity contribution is 6.09. The van der Waals surface area contributed by atoms with Crippen molar-refractivity contribution in [1.82, 2.24) is 0 Å². The van der Waals surface area contributed by atoms with Crippen LogP contribution >= 0.6 is 0 Å². The van der Waals surface area contributed by atoms with E-state index in [0.717, 1.165) is 23.4 Å². The van der Waals surface area contributed by atoms with Crippen molar-refractivity contribution in [2.24, 2.45) is 5.92 Å². The fourth-order valence-electron chi connectivity index (χ4n) is 4.45. The van der Waals surface area contributed by atoms with Gasteiger partial charge in [0.25, 0.3) is 5.91 Å². The van der Waals surface area contributed by atoms with Gasteiger partial charge in [-0.3, -0.25) is 9.59 Å². The van der Waals surface area contributed by atoms with Crippen LogP contribution in [0.5, 0.6) is 0 Å². The van der Waals surface area contributed by atoms with Crippen LogP contribution in [0.2, 0.25) is 0 Å². The van der Waals surface area contributed by atoms with Crippen LogP contribution in [0.25, 0.3) is 0 Å². The fraction of sp³-hybridized carbons (Fsp3) is 0.500. The summed E-state index contributed by atoms with van der Waals surface area (Å²) >= 11 is 0. The number of carbonyl (C=O) groups excluding carboxylic acids is 2. The Morgan fingerprint density at radius 1 is 1.42 bits per heavy atom. The Bertz CT molecular complexity index is 777. The van der Waals surface area contributed by atoms with Crippen LogP contribution in [0.3, 0.4) is 0 Å². The first-order valence-corrected chi connectivity index (χ1v) is 9.19. The number of aliphatic hydroxyl groups excluding tert-OH is 1. The second-order valence-electron chi connectivity index (χ2n) is 7.33. The number of hydrogen-bond acceptors (Lipinski definition) is 4. The Morgan fingerprint density at radius 2 is 2.23 bits per heavy atom. The van der Waals surface area contributed by atoms with E-state index in [4.69, 9.17) is 4.74 Å². The number of fused-ring (bicyclic) bond motifs is 2. The van der Waals surface area contributed by atoms with Gasteiger partial charge in [0.15, 0.2) is 5.60 Å². The molecule has 0 bridgehead atoms. The lowest BCUT2D eigenvalue weighted by molar-refractivity contribution is -0.146. The molecule has 0 aromatic heterocycles. The molecule has 6 heteroatoms. The van der Waals surface area contributed by atoms with Gasteiger partial charge in [0.05, 0.1) is 11.8 Å². The first-order valence-electron chi connectivity index (χ1n) is 9.19. The lowest BCUT2D eigenvalue weighted by Crippen LogP contribution is -2.44. The standard InChI is InChI=1S/C20H24N2O4/c1-3-8-22-17-5-4-14(21-9-6-18(21)24)12-16(17)20(19(22)25)13(2)11-15(26-20)7-10-23/h3-5,12-13,15,23H,1,6-11H2,2H3/t13-,15+,20+/m1/s1. The van der Waals surface area contributed by atoms with Crippen LogP contribution in [-0.2, 0) is 19.9 Å². The maximum atomic E-state index is 13.4. The zero-order chi connectivity index (χ0) is 18.5. The molecule has 3 heterocycles. The average Bonchev–Trinajstić information content (AvgIpc) is 3.05. The van der Waals surface area contributed by atoms with E-state index in [-0.39, 0.29) is 30.4 Å². The normalized spacial score (nSPS) is 30.1. The summed E-state index contributed by atoms with van der Waals surface area (Å²) in [6.07, 6.45) is 3.36. The molecule has 138 valence electrons. The van der Waals surface area contributed by atoms with Gasteiger partial charge in [0.2, 0.25) is 5.91 Å². The molecule has 2 fully saturated rings.